The zero-order chi connectivity index (χ0) is 17.1. The molecule has 7 heteroatoms. The number of anilines is 1. The van der Waals surface area contributed by atoms with Crippen molar-refractivity contribution in [2.45, 2.75) is 13.5 Å². The number of nitrogens with one attached hydrogen (secondary N) is 1. The van der Waals surface area contributed by atoms with Gasteiger partial charge in [-0.2, -0.15) is 0 Å². The van der Waals surface area contributed by atoms with Gasteiger partial charge in [-0.15, -0.1) is 5.10 Å². The number of rotatable bonds is 4. The Bertz CT molecular complexity index is 878. The molecule has 24 heavy (non-hydrogen) atoms. The van der Waals surface area contributed by atoms with Crippen molar-refractivity contribution in [2.24, 2.45) is 0 Å². The zero-order valence-corrected chi connectivity index (χ0v) is 14.3. The summed E-state index contributed by atoms with van der Waals surface area (Å²) in [6.45, 7) is 2.26. The normalized spacial score (nSPS) is 10.6. The van der Waals surface area contributed by atoms with Crippen molar-refractivity contribution in [1.29, 1.82) is 0 Å². The smallest absolute Gasteiger partial charge is 0.278 e. The first-order chi connectivity index (χ1) is 11.5. The Morgan fingerprint density at radius 2 is 1.88 bits per heavy atom. The zero-order valence-electron chi connectivity index (χ0n) is 12.8. The van der Waals surface area contributed by atoms with Crippen LogP contribution in [0.25, 0.3) is 0 Å². The second kappa shape index (κ2) is 7.03. The van der Waals surface area contributed by atoms with Crippen LogP contribution in [0.5, 0.6) is 0 Å². The third kappa shape index (κ3) is 3.58. The average molecular weight is 361 g/mol. The van der Waals surface area contributed by atoms with Crippen LogP contribution in [0.1, 0.15) is 21.7 Å². The Hall–Kier alpha value is -2.37. The lowest BCUT2D eigenvalue weighted by atomic mass is 10.2. The lowest BCUT2D eigenvalue weighted by molar-refractivity contribution is 0.102. The molecule has 1 N–H and O–H groups in total. The summed E-state index contributed by atoms with van der Waals surface area (Å²) in [6, 6.07) is 14.6. The quantitative estimate of drug-likeness (QED) is 0.758. The molecule has 0 atom stereocenters. The number of nitrogens with zero attached hydrogens (tertiary/aromatic N) is 3. The van der Waals surface area contributed by atoms with Gasteiger partial charge in [0.2, 0.25) is 0 Å². The second-order valence-electron chi connectivity index (χ2n) is 5.25. The number of aromatic nitrogens is 3. The molecule has 122 valence electrons. The van der Waals surface area contributed by atoms with Gasteiger partial charge in [0.05, 0.1) is 22.3 Å². The predicted octanol–water partition coefficient (Wildman–Crippen LogP) is 4.19. The molecule has 0 saturated carbocycles. The molecule has 0 spiro atoms. The van der Waals surface area contributed by atoms with Crippen molar-refractivity contribution in [3.05, 3.63) is 75.5 Å². The predicted molar refractivity (Wildman–Crippen MR) is 94.7 cm³/mol. The van der Waals surface area contributed by atoms with Gasteiger partial charge in [-0.05, 0) is 36.8 Å². The molecule has 3 rings (SSSR count). The van der Waals surface area contributed by atoms with E-state index >= 15 is 0 Å². The van der Waals surface area contributed by atoms with Crippen LogP contribution < -0.4 is 5.32 Å². The molecule has 0 unspecified atom stereocenters. The van der Waals surface area contributed by atoms with Crippen LogP contribution in [-0.4, -0.2) is 20.9 Å². The Morgan fingerprint density at radius 1 is 1.12 bits per heavy atom. The molecular weight excluding hydrogens is 347 g/mol. The summed E-state index contributed by atoms with van der Waals surface area (Å²) in [5, 5.41) is 11.8. The Kier molecular flexibility index (Phi) is 4.83. The summed E-state index contributed by atoms with van der Waals surface area (Å²) in [4.78, 5) is 12.3. The van der Waals surface area contributed by atoms with Gasteiger partial charge in [0.15, 0.2) is 5.69 Å². The Labute approximate surface area is 149 Å². The van der Waals surface area contributed by atoms with Crippen LogP contribution in [0.2, 0.25) is 10.0 Å². The third-order valence-electron chi connectivity index (χ3n) is 3.55. The SMILES string of the molecule is Cc1c(C(=O)Nc2ccccc2)nnn1Cc1ccc(Cl)c(Cl)c1. The Balaban J connectivity index is 1.78. The first-order valence-corrected chi connectivity index (χ1v) is 8.00. The minimum atomic E-state index is -0.293. The molecule has 1 heterocycles. The summed E-state index contributed by atoms with van der Waals surface area (Å²) in [7, 11) is 0. The first-order valence-electron chi connectivity index (χ1n) is 7.25. The topological polar surface area (TPSA) is 59.8 Å². The van der Waals surface area contributed by atoms with Crippen molar-refractivity contribution < 1.29 is 4.79 Å². The molecule has 0 aliphatic carbocycles. The van der Waals surface area contributed by atoms with Gasteiger partial charge in [0.25, 0.3) is 5.91 Å². The summed E-state index contributed by atoms with van der Waals surface area (Å²) in [5.41, 5.74) is 2.60. The Morgan fingerprint density at radius 3 is 2.58 bits per heavy atom. The van der Waals surface area contributed by atoms with Gasteiger partial charge in [-0.25, -0.2) is 4.68 Å². The molecule has 0 aliphatic heterocycles. The maximum Gasteiger partial charge on any atom is 0.278 e. The number of halogens is 2. The lowest BCUT2D eigenvalue weighted by Gasteiger charge is -2.06. The highest BCUT2D eigenvalue weighted by Crippen LogP contribution is 2.23. The molecule has 5 nitrogen and oxygen atoms in total. The molecule has 2 aromatic carbocycles. The molecule has 1 aromatic heterocycles. The van der Waals surface area contributed by atoms with Crippen LogP contribution >= 0.6 is 23.2 Å². The van der Waals surface area contributed by atoms with Gasteiger partial charge in [-0.3, -0.25) is 4.79 Å². The number of amides is 1. The van der Waals surface area contributed by atoms with Crippen LogP contribution in [-0.2, 0) is 6.54 Å². The summed E-state index contributed by atoms with van der Waals surface area (Å²) in [5.74, 6) is -0.293. The summed E-state index contributed by atoms with van der Waals surface area (Å²) in [6.07, 6.45) is 0. The van der Waals surface area contributed by atoms with E-state index in [1.165, 1.54) is 0 Å². The molecule has 0 saturated heterocycles. The summed E-state index contributed by atoms with van der Waals surface area (Å²) < 4.78 is 1.65. The van der Waals surface area contributed by atoms with E-state index in [9.17, 15) is 4.79 Å². The third-order valence-corrected chi connectivity index (χ3v) is 4.28. The van der Waals surface area contributed by atoms with E-state index in [0.29, 0.717) is 33.7 Å². The highest BCUT2D eigenvalue weighted by atomic mass is 35.5. The average Bonchev–Trinajstić information content (AvgIpc) is 2.93. The van der Waals surface area contributed by atoms with E-state index in [1.807, 2.05) is 36.4 Å². The van der Waals surface area contributed by atoms with Gasteiger partial charge >= 0.3 is 0 Å². The standard InChI is InChI=1S/C17H14Cl2N4O/c1-11-16(17(24)20-13-5-3-2-4-6-13)21-22-23(11)10-12-7-8-14(18)15(19)9-12/h2-9H,10H2,1H3,(H,20,24). The lowest BCUT2D eigenvalue weighted by Crippen LogP contribution is -2.14. The van der Waals surface area contributed by atoms with Crippen molar-refractivity contribution in [3.63, 3.8) is 0 Å². The number of hydrogen-bond acceptors (Lipinski definition) is 3. The summed E-state index contributed by atoms with van der Waals surface area (Å²) >= 11 is 11.9. The van der Waals surface area contributed by atoms with Crippen LogP contribution in [0.3, 0.4) is 0 Å². The molecule has 0 bridgehead atoms. The van der Waals surface area contributed by atoms with Gasteiger partial charge < -0.3 is 5.32 Å². The van der Waals surface area contributed by atoms with E-state index in [0.717, 1.165) is 5.56 Å². The van der Waals surface area contributed by atoms with E-state index in [-0.39, 0.29) is 5.91 Å². The number of carbonyl (C=O) groups is 1. The van der Waals surface area contributed by atoms with Crippen molar-refractivity contribution in [3.8, 4) is 0 Å². The van der Waals surface area contributed by atoms with Crippen molar-refractivity contribution in [1.82, 2.24) is 15.0 Å². The largest absolute Gasteiger partial charge is 0.321 e. The molecular formula is C17H14Cl2N4O. The van der Waals surface area contributed by atoms with Crippen LogP contribution in [0, 0.1) is 6.92 Å². The second-order valence-corrected chi connectivity index (χ2v) is 6.06. The molecule has 0 fully saturated rings. The van der Waals surface area contributed by atoms with Gasteiger partial charge in [0.1, 0.15) is 0 Å². The minimum absolute atomic E-state index is 0.291. The maximum absolute atomic E-state index is 12.3. The van der Waals surface area contributed by atoms with Crippen LogP contribution in [0.4, 0.5) is 5.69 Å². The van der Waals surface area contributed by atoms with E-state index in [1.54, 1.807) is 23.7 Å². The van der Waals surface area contributed by atoms with Crippen LogP contribution in [0.15, 0.2) is 48.5 Å². The number of hydrogen-bond donors (Lipinski definition) is 1. The highest BCUT2D eigenvalue weighted by molar-refractivity contribution is 6.42. The van der Waals surface area contributed by atoms with Crippen molar-refractivity contribution >= 4 is 34.8 Å². The van der Waals surface area contributed by atoms with E-state index in [4.69, 9.17) is 23.2 Å². The van der Waals surface area contributed by atoms with Crippen molar-refractivity contribution in [2.75, 3.05) is 5.32 Å². The minimum Gasteiger partial charge on any atom is -0.321 e. The number of para-hydroxylation sites is 1. The number of benzene rings is 2. The monoisotopic (exact) mass is 360 g/mol. The highest BCUT2D eigenvalue weighted by Gasteiger charge is 2.17. The first kappa shape index (κ1) is 16.5. The molecule has 0 radical (unpaired) electrons. The fraction of sp³-hybridized carbons (Fsp3) is 0.118. The maximum atomic E-state index is 12.3. The fourth-order valence-corrected chi connectivity index (χ4v) is 2.56. The molecule has 3 aromatic rings. The van der Waals surface area contributed by atoms with E-state index in [2.05, 4.69) is 15.6 Å². The van der Waals surface area contributed by atoms with Gasteiger partial charge in [-0.1, -0.05) is 52.7 Å². The van der Waals surface area contributed by atoms with E-state index < -0.39 is 0 Å². The molecule has 1 amide bonds. The molecule has 0 aliphatic rings. The fourth-order valence-electron chi connectivity index (χ4n) is 2.24. The number of carbonyl (C=O) groups excluding carboxylic acids is 1. The van der Waals surface area contributed by atoms with Gasteiger partial charge in [0, 0.05) is 5.69 Å².